The van der Waals surface area contributed by atoms with Gasteiger partial charge in [-0.15, -0.1) is 0 Å². The number of halogens is 1. The minimum absolute atomic E-state index is 0.333. The number of aromatic nitrogens is 5. The fourth-order valence-electron chi connectivity index (χ4n) is 2.60. The lowest BCUT2D eigenvalue weighted by Gasteiger charge is -2.06. The molecule has 3 aromatic heterocycles. The van der Waals surface area contributed by atoms with Crippen molar-refractivity contribution >= 4 is 23.4 Å². The normalized spacial score (nSPS) is 11.1. The lowest BCUT2D eigenvalue weighted by atomic mass is 10.1. The number of hydrogen-bond acceptors (Lipinski definition) is 6. The number of anilines is 1. The highest BCUT2D eigenvalue weighted by Gasteiger charge is 2.19. The summed E-state index contributed by atoms with van der Waals surface area (Å²) in [7, 11) is 0. The van der Waals surface area contributed by atoms with Crippen LogP contribution in [0.15, 0.2) is 53.9 Å². The van der Waals surface area contributed by atoms with Crippen molar-refractivity contribution < 1.29 is 4.39 Å². The molecule has 0 aliphatic carbocycles. The number of nitrogen functional groups attached to an aromatic ring is 1. The van der Waals surface area contributed by atoms with Crippen molar-refractivity contribution in [3.8, 4) is 22.6 Å². The van der Waals surface area contributed by atoms with Crippen LogP contribution in [0.4, 0.5) is 10.2 Å². The van der Waals surface area contributed by atoms with Crippen molar-refractivity contribution in [2.24, 2.45) is 0 Å². The van der Waals surface area contributed by atoms with Gasteiger partial charge in [-0.3, -0.25) is 4.40 Å². The van der Waals surface area contributed by atoms with E-state index in [0.717, 1.165) is 0 Å². The third-order valence-electron chi connectivity index (χ3n) is 3.67. The number of thioether (sulfide) groups is 1. The summed E-state index contributed by atoms with van der Waals surface area (Å²) in [5.41, 5.74) is 8.40. The molecule has 0 aliphatic heterocycles. The maximum absolute atomic E-state index is 13.7. The number of rotatable bonds is 3. The number of benzene rings is 1. The quantitative estimate of drug-likeness (QED) is 0.450. The molecule has 0 unspecified atom stereocenters. The zero-order chi connectivity index (χ0) is 17.4. The van der Waals surface area contributed by atoms with Crippen molar-refractivity contribution in [3.05, 3.63) is 54.6 Å². The van der Waals surface area contributed by atoms with E-state index in [1.165, 1.54) is 23.9 Å². The van der Waals surface area contributed by atoms with E-state index >= 15 is 0 Å². The van der Waals surface area contributed by atoms with E-state index in [1.807, 2.05) is 6.26 Å². The van der Waals surface area contributed by atoms with Crippen LogP contribution < -0.4 is 5.73 Å². The van der Waals surface area contributed by atoms with Gasteiger partial charge in [-0.2, -0.15) is 4.98 Å². The summed E-state index contributed by atoms with van der Waals surface area (Å²) in [6, 6.07) is 9.76. The Morgan fingerprint density at radius 1 is 1.12 bits per heavy atom. The molecule has 8 heteroatoms. The lowest BCUT2D eigenvalue weighted by molar-refractivity contribution is 0.628. The Hall–Kier alpha value is -3.00. The Kier molecular flexibility index (Phi) is 3.81. The maximum Gasteiger partial charge on any atom is 0.236 e. The molecular weight excluding hydrogens is 339 g/mol. The topological polar surface area (TPSA) is 82.0 Å². The fraction of sp³-hybridized carbons (Fsp3) is 0.0588. The van der Waals surface area contributed by atoms with Gasteiger partial charge in [-0.05, 0) is 30.5 Å². The highest BCUT2D eigenvalue weighted by molar-refractivity contribution is 7.98. The molecule has 25 heavy (non-hydrogen) atoms. The SMILES string of the molecule is CSc1nccc(-c2c(-c3cccc(F)c3)nc3nc(N)ccn23)n1. The fourth-order valence-corrected chi connectivity index (χ4v) is 2.95. The summed E-state index contributed by atoms with van der Waals surface area (Å²) >= 11 is 1.44. The molecule has 0 spiro atoms. The minimum atomic E-state index is -0.333. The predicted octanol–water partition coefficient (Wildman–Crippen LogP) is 3.30. The zero-order valence-electron chi connectivity index (χ0n) is 13.2. The van der Waals surface area contributed by atoms with Crippen LogP contribution in [0.1, 0.15) is 0 Å². The van der Waals surface area contributed by atoms with Gasteiger partial charge in [-0.1, -0.05) is 23.9 Å². The molecule has 0 aliphatic rings. The van der Waals surface area contributed by atoms with Crippen molar-refractivity contribution in [1.82, 2.24) is 24.3 Å². The van der Waals surface area contributed by atoms with E-state index in [1.54, 1.807) is 41.1 Å². The van der Waals surface area contributed by atoms with E-state index < -0.39 is 0 Å². The third-order valence-corrected chi connectivity index (χ3v) is 4.23. The Morgan fingerprint density at radius 3 is 2.80 bits per heavy atom. The summed E-state index contributed by atoms with van der Waals surface area (Å²) in [6.45, 7) is 0. The molecule has 0 radical (unpaired) electrons. The lowest BCUT2D eigenvalue weighted by Crippen LogP contribution is -1.97. The van der Waals surface area contributed by atoms with Crippen LogP contribution in [0.3, 0.4) is 0 Å². The Balaban J connectivity index is 2.04. The first-order valence-corrected chi connectivity index (χ1v) is 8.66. The van der Waals surface area contributed by atoms with Crippen molar-refractivity contribution in [2.45, 2.75) is 5.16 Å². The smallest absolute Gasteiger partial charge is 0.236 e. The molecule has 3 heterocycles. The average molecular weight is 352 g/mol. The first-order chi connectivity index (χ1) is 12.2. The molecule has 124 valence electrons. The van der Waals surface area contributed by atoms with Crippen molar-refractivity contribution in [3.63, 3.8) is 0 Å². The average Bonchev–Trinajstić information content (AvgIpc) is 3.00. The third kappa shape index (κ3) is 2.80. The number of nitrogens with zero attached hydrogens (tertiary/aromatic N) is 5. The molecule has 6 nitrogen and oxygen atoms in total. The number of fused-ring (bicyclic) bond motifs is 1. The van der Waals surface area contributed by atoms with Crippen LogP contribution in [-0.4, -0.2) is 30.6 Å². The van der Waals surface area contributed by atoms with Crippen LogP contribution in [0.2, 0.25) is 0 Å². The molecular formula is C17H13FN6S. The molecule has 0 fully saturated rings. The summed E-state index contributed by atoms with van der Waals surface area (Å²) < 4.78 is 15.5. The van der Waals surface area contributed by atoms with Crippen LogP contribution in [-0.2, 0) is 0 Å². The van der Waals surface area contributed by atoms with Crippen molar-refractivity contribution in [2.75, 3.05) is 12.0 Å². The number of nitrogens with two attached hydrogens (primary N) is 1. The van der Waals surface area contributed by atoms with E-state index in [-0.39, 0.29) is 5.82 Å². The maximum atomic E-state index is 13.7. The van der Waals surface area contributed by atoms with Gasteiger partial charge < -0.3 is 5.73 Å². The molecule has 4 rings (SSSR count). The minimum Gasteiger partial charge on any atom is -0.384 e. The van der Waals surface area contributed by atoms with Gasteiger partial charge in [0.05, 0.1) is 5.69 Å². The summed E-state index contributed by atoms with van der Waals surface area (Å²) in [4.78, 5) is 17.6. The van der Waals surface area contributed by atoms with Gasteiger partial charge >= 0.3 is 0 Å². The molecule has 4 aromatic rings. The Labute approximate surface area is 147 Å². The van der Waals surface area contributed by atoms with E-state index in [4.69, 9.17) is 5.73 Å². The molecule has 1 aromatic carbocycles. The molecule has 0 bridgehead atoms. The van der Waals surface area contributed by atoms with Gasteiger partial charge in [0.25, 0.3) is 0 Å². The van der Waals surface area contributed by atoms with Crippen molar-refractivity contribution in [1.29, 1.82) is 0 Å². The number of imidazole rings is 1. The van der Waals surface area contributed by atoms with Gasteiger partial charge in [0.1, 0.15) is 23.0 Å². The first kappa shape index (κ1) is 15.5. The largest absolute Gasteiger partial charge is 0.384 e. The first-order valence-electron chi connectivity index (χ1n) is 7.43. The molecule has 0 atom stereocenters. The molecule has 0 saturated carbocycles. The second-order valence-electron chi connectivity index (χ2n) is 5.27. The van der Waals surface area contributed by atoms with Crippen LogP contribution in [0, 0.1) is 5.82 Å². The van der Waals surface area contributed by atoms with Gasteiger partial charge in [-0.25, -0.2) is 19.3 Å². The second-order valence-corrected chi connectivity index (χ2v) is 6.04. The standard InChI is InChI=1S/C17H13FN6S/c1-25-17-20-7-5-12(21-17)15-14(10-3-2-4-11(18)9-10)23-16-22-13(19)6-8-24(15)16/h2-9H,1H3,(H2,19,22,23). The zero-order valence-corrected chi connectivity index (χ0v) is 14.0. The monoisotopic (exact) mass is 352 g/mol. The van der Waals surface area contributed by atoms with Crippen LogP contribution in [0.5, 0.6) is 0 Å². The molecule has 0 amide bonds. The second kappa shape index (κ2) is 6.14. The highest BCUT2D eigenvalue weighted by Crippen LogP contribution is 2.32. The summed E-state index contributed by atoms with van der Waals surface area (Å²) in [5, 5.41) is 0.640. The molecule has 0 saturated heterocycles. The Morgan fingerprint density at radius 2 is 2.00 bits per heavy atom. The van der Waals surface area contributed by atoms with Crippen LogP contribution >= 0.6 is 11.8 Å². The van der Waals surface area contributed by atoms with E-state index in [0.29, 0.717) is 39.4 Å². The highest BCUT2D eigenvalue weighted by atomic mass is 32.2. The van der Waals surface area contributed by atoms with Crippen LogP contribution in [0.25, 0.3) is 28.4 Å². The van der Waals surface area contributed by atoms with E-state index in [2.05, 4.69) is 19.9 Å². The molecule has 2 N–H and O–H groups in total. The Bertz CT molecular complexity index is 1080. The van der Waals surface area contributed by atoms with Gasteiger partial charge in [0, 0.05) is 18.0 Å². The predicted molar refractivity (Wildman–Crippen MR) is 95.6 cm³/mol. The van der Waals surface area contributed by atoms with E-state index in [9.17, 15) is 4.39 Å². The summed E-state index contributed by atoms with van der Waals surface area (Å²) in [6.07, 6.45) is 5.38. The van der Waals surface area contributed by atoms with Gasteiger partial charge in [0.2, 0.25) is 5.78 Å². The van der Waals surface area contributed by atoms with Gasteiger partial charge in [0.15, 0.2) is 5.16 Å². The number of hydrogen-bond donors (Lipinski definition) is 1. The summed E-state index contributed by atoms with van der Waals surface area (Å²) in [5.74, 6) is 0.460.